The van der Waals surface area contributed by atoms with Crippen molar-refractivity contribution in [2.45, 2.75) is 19.8 Å². The first-order valence-corrected chi connectivity index (χ1v) is 8.65. The molecule has 0 saturated carbocycles. The fourth-order valence-electron chi connectivity index (χ4n) is 2.80. The summed E-state index contributed by atoms with van der Waals surface area (Å²) in [5.41, 5.74) is 5.34. The highest BCUT2D eigenvalue weighted by atomic mass is 16.5. The molecule has 0 atom stereocenters. The van der Waals surface area contributed by atoms with Gasteiger partial charge in [0.1, 0.15) is 0 Å². The van der Waals surface area contributed by atoms with Gasteiger partial charge in [0.2, 0.25) is 0 Å². The molecule has 0 amide bonds. The zero-order valence-electron chi connectivity index (χ0n) is 15.6. The maximum absolute atomic E-state index is 5.39. The molecule has 1 heterocycles. The summed E-state index contributed by atoms with van der Waals surface area (Å²) in [6.45, 7) is 4.39. The minimum absolute atomic E-state index is 0.527. The number of pyridine rings is 1. The third-order valence-electron chi connectivity index (χ3n) is 4.32. The lowest BCUT2D eigenvalue weighted by molar-refractivity contribution is 0.355. The molecule has 26 heavy (non-hydrogen) atoms. The molecule has 0 bridgehead atoms. The second-order valence-electron chi connectivity index (χ2n) is 6.43. The van der Waals surface area contributed by atoms with Gasteiger partial charge in [-0.15, -0.1) is 0 Å². The molecule has 1 aromatic heterocycles. The average Bonchev–Trinajstić information content (AvgIpc) is 2.68. The SMILES string of the molecule is COc1ccc(-c2cncc(Nc3ccc(C(C)C)cc3)c2)cc1OC. The molecule has 0 spiro atoms. The standard InChI is InChI=1S/C22H24N2O2/c1-15(2)16-5-8-19(9-6-16)24-20-11-18(13-23-14-20)17-7-10-21(25-3)22(12-17)26-4/h5-15,24H,1-4H3. The van der Waals surface area contributed by atoms with Crippen LogP contribution < -0.4 is 14.8 Å². The second-order valence-corrected chi connectivity index (χ2v) is 6.43. The molecule has 2 aromatic carbocycles. The number of hydrogen-bond donors (Lipinski definition) is 1. The minimum Gasteiger partial charge on any atom is -0.493 e. The summed E-state index contributed by atoms with van der Waals surface area (Å²) in [4.78, 5) is 4.37. The Morgan fingerprint density at radius 1 is 0.769 bits per heavy atom. The molecule has 0 unspecified atom stereocenters. The van der Waals surface area contributed by atoms with Crippen molar-refractivity contribution in [3.05, 3.63) is 66.5 Å². The molecule has 0 radical (unpaired) electrons. The number of hydrogen-bond acceptors (Lipinski definition) is 4. The van der Waals surface area contributed by atoms with E-state index in [0.717, 1.165) is 22.5 Å². The lowest BCUT2D eigenvalue weighted by Gasteiger charge is -2.12. The minimum atomic E-state index is 0.527. The predicted octanol–water partition coefficient (Wildman–Crippen LogP) is 5.63. The highest BCUT2D eigenvalue weighted by molar-refractivity contribution is 5.71. The summed E-state index contributed by atoms with van der Waals surface area (Å²) in [5, 5.41) is 3.41. The van der Waals surface area contributed by atoms with Crippen molar-refractivity contribution in [1.82, 2.24) is 4.98 Å². The van der Waals surface area contributed by atoms with Gasteiger partial charge in [0.05, 0.1) is 26.1 Å². The number of ether oxygens (including phenoxy) is 2. The summed E-state index contributed by atoms with van der Waals surface area (Å²) >= 11 is 0. The molecule has 4 nitrogen and oxygen atoms in total. The number of methoxy groups -OCH3 is 2. The van der Waals surface area contributed by atoms with Crippen molar-refractivity contribution in [2.24, 2.45) is 0 Å². The van der Waals surface area contributed by atoms with Crippen molar-refractivity contribution >= 4 is 11.4 Å². The lowest BCUT2D eigenvalue weighted by atomic mass is 10.0. The molecule has 3 rings (SSSR count). The Morgan fingerprint density at radius 3 is 2.15 bits per heavy atom. The van der Waals surface area contributed by atoms with Crippen molar-refractivity contribution in [1.29, 1.82) is 0 Å². The van der Waals surface area contributed by atoms with Crippen molar-refractivity contribution < 1.29 is 9.47 Å². The summed E-state index contributed by atoms with van der Waals surface area (Å²) < 4.78 is 10.7. The van der Waals surface area contributed by atoms with Crippen LogP contribution in [0.1, 0.15) is 25.3 Å². The number of aromatic nitrogens is 1. The third kappa shape index (κ3) is 3.97. The number of rotatable bonds is 6. The highest BCUT2D eigenvalue weighted by Gasteiger charge is 2.07. The largest absolute Gasteiger partial charge is 0.493 e. The Balaban J connectivity index is 1.84. The van der Waals surface area contributed by atoms with Gasteiger partial charge in [-0.05, 0) is 47.4 Å². The number of benzene rings is 2. The van der Waals surface area contributed by atoms with Gasteiger partial charge in [-0.25, -0.2) is 0 Å². The molecule has 134 valence electrons. The van der Waals surface area contributed by atoms with E-state index in [4.69, 9.17) is 9.47 Å². The number of nitrogens with one attached hydrogen (secondary N) is 1. The van der Waals surface area contributed by atoms with Crippen LogP contribution in [0.4, 0.5) is 11.4 Å². The van der Waals surface area contributed by atoms with Crippen molar-refractivity contribution in [3.8, 4) is 22.6 Å². The number of nitrogens with zero attached hydrogens (tertiary/aromatic N) is 1. The van der Waals surface area contributed by atoms with Crippen LogP contribution in [-0.4, -0.2) is 19.2 Å². The summed E-state index contributed by atoms with van der Waals surface area (Å²) in [7, 11) is 3.27. The first kappa shape index (κ1) is 17.8. The van der Waals surface area contributed by atoms with Crippen LogP contribution in [0.5, 0.6) is 11.5 Å². The van der Waals surface area contributed by atoms with E-state index in [1.54, 1.807) is 14.2 Å². The van der Waals surface area contributed by atoms with Gasteiger partial charge < -0.3 is 14.8 Å². The van der Waals surface area contributed by atoms with Gasteiger partial charge in [-0.3, -0.25) is 4.98 Å². The zero-order chi connectivity index (χ0) is 18.5. The Labute approximate surface area is 154 Å². The van der Waals surface area contributed by atoms with Crippen LogP contribution in [0.15, 0.2) is 60.9 Å². The molecule has 1 N–H and O–H groups in total. The molecule has 3 aromatic rings. The Bertz CT molecular complexity index is 874. The van der Waals surface area contributed by atoms with E-state index in [2.05, 4.69) is 54.5 Å². The predicted molar refractivity (Wildman–Crippen MR) is 107 cm³/mol. The van der Waals surface area contributed by atoms with Crippen LogP contribution in [0.25, 0.3) is 11.1 Å². The fraction of sp³-hybridized carbons (Fsp3) is 0.227. The fourth-order valence-corrected chi connectivity index (χ4v) is 2.80. The van der Waals surface area contributed by atoms with Crippen LogP contribution in [0.3, 0.4) is 0 Å². The summed E-state index contributed by atoms with van der Waals surface area (Å²) in [6, 6.07) is 16.4. The Morgan fingerprint density at radius 2 is 1.50 bits per heavy atom. The number of anilines is 2. The monoisotopic (exact) mass is 348 g/mol. The van der Waals surface area contributed by atoms with Gasteiger partial charge in [0.15, 0.2) is 11.5 Å². The van der Waals surface area contributed by atoms with Gasteiger partial charge in [0, 0.05) is 17.4 Å². The van der Waals surface area contributed by atoms with Crippen molar-refractivity contribution in [2.75, 3.05) is 19.5 Å². The molecule has 0 fully saturated rings. The molecule has 0 saturated heterocycles. The summed E-state index contributed by atoms with van der Waals surface area (Å²) in [6.07, 6.45) is 3.66. The Hall–Kier alpha value is -3.01. The van der Waals surface area contributed by atoms with E-state index in [1.165, 1.54) is 5.56 Å². The normalized spacial score (nSPS) is 10.7. The molecule has 0 aliphatic rings. The first-order valence-electron chi connectivity index (χ1n) is 8.65. The summed E-state index contributed by atoms with van der Waals surface area (Å²) in [5.74, 6) is 1.94. The third-order valence-corrected chi connectivity index (χ3v) is 4.32. The first-order chi connectivity index (χ1) is 12.6. The van der Waals surface area contributed by atoms with Crippen LogP contribution in [0.2, 0.25) is 0 Å². The van der Waals surface area contributed by atoms with E-state index in [9.17, 15) is 0 Å². The second kappa shape index (κ2) is 7.91. The smallest absolute Gasteiger partial charge is 0.161 e. The molecular formula is C22H24N2O2. The van der Waals surface area contributed by atoms with Gasteiger partial charge in [-0.1, -0.05) is 32.0 Å². The van der Waals surface area contributed by atoms with Crippen molar-refractivity contribution in [3.63, 3.8) is 0 Å². The molecule has 4 heteroatoms. The Kier molecular flexibility index (Phi) is 5.42. The van der Waals surface area contributed by atoms with Gasteiger partial charge >= 0.3 is 0 Å². The average molecular weight is 348 g/mol. The van der Waals surface area contributed by atoms with Crippen LogP contribution >= 0.6 is 0 Å². The van der Waals surface area contributed by atoms with E-state index >= 15 is 0 Å². The zero-order valence-corrected chi connectivity index (χ0v) is 15.6. The molecule has 0 aliphatic carbocycles. The van der Waals surface area contributed by atoms with E-state index in [-0.39, 0.29) is 0 Å². The van der Waals surface area contributed by atoms with Gasteiger partial charge in [-0.2, -0.15) is 0 Å². The highest BCUT2D eigenvalue weighted by Crippen LogP contribution is 2.33. The molecular weight excluding hydrogens is 324 g/mol. The van der Waals surface area contributed by atoms with Gasteiger partial charge in [0.25, 0.3) is 0 Å². The van der Waals surface area contributed by atoms with E-state index in [1.807, 2.05) is 30.6 Å². The lowest BCUT2D eigenvalue weighted by Crippen LogP contribution is -1.94. The molecule has 0 aliphatic heterocycles. The maximum Gasteiger partial charge on any atom is 0.161 e. The van der Waals surface area contributed by atoms with E-state index in [0.29, 0.717) is 17.4 Å². The quantitative estimate of drug-likeness (QED) is 0.627. The maximum atomic E-state index is 5.39. The topological polar surface area (TPSA) is 43.4 Å². The van der Waals surface area contributed by atoms with E-state index < -0.39 is 0 Å². The van der Waals surface area contributed by atoms with Crippen LogP contribution in [-0.2, 0) is 0 Å². The van der Waals surface area contributed by atoms with Crippen LogP contribution in [0, 0.1) is 0 Å².